The molecule has 0 radical (unpaired) electrons. The molecule has 1 unspecified atom stereocenters. The van der Waals surface area contributed by atoms with Crippen molar-refractivity contribution in [2.45, 2.75) is 38.9 Å². The third kappa shape index (κ3) is 8.98. The molecule has 0 saturated heterocycles. The topological polar surface area (TPSA) is 63.2 Å². The first kappa shape index (κ1) is 27.0. The van der Waals surface area contributed by atoms with Crippen LogP contribution in [0.25, 0.3) is 0 Å². The molecule has 0 saturated carbocycles. The lowest BCUT2D eigenvalue weighted by Crippen LogP contribution is -2.40. The highest BCUT2D eigenvalue weighted by Crippen LogP contribution is 2.27. The maximum Gasteiger partial charge on any atom is 0.193 e. The number of likely N-dealkylation sites (N-methyl/N-ethyl adjacent to an activating group) is 1. The van der Waals surface area contributed by atoms with Crippen molar-refractivity contribution in [3.05, 3.63) is 23.8 Å². The van der Waals surface area contributed by atoms with Gasteiger partial charge in [-0.3, -0.25) is 9.20 Å². The summed E-state index contributed by atoms with van der Waals surface area (Å²) in [4.78, 5) is 6.73. The third-order valence-electron chi connectivity index (χ3n) is 4.10. The van der Waals surface area contributed by atoms with Crippen molar-refractivity contribution in [1.82, 2.24) is 10.2 Å². The zero-order valence-electron chi connectivity index (χ0n) is 18.2. The van der Waals surface area contributed by atoms with Gasteiger partial charge in [0.15, 0.2) is 17.5 Å². The molecule has 28 heavy (non-hydrogen) atoms. The van der Waals surface area contributed by atoms with Crippen LogP contribution in [0.5, 0.6) is 11.5 Å². The van der Waals surface area contributed by atoms with Crippen LogP contribution in [0.4, 0.5) is 0 Å². The zero-order valence-corrected chi connectivity index (χ0v) is 21.4. The maximum atomic E-state index is 12.2. The molecule has 8 heteroatoms. The summed E-state index contributed by atoms with van der Waals surface area (Å²) in [6, 6.07) is 5.98. The standard InChI is InChI=1S/C20H35N3O3S.HI/c1-8-21-19(22-12-14-27(24)20(2,3)4)23(5)13-11-16-9-10-17(25-6)18(15-16)26-7;/h9-10,15H,8,11-14H2,1-7H3,(H,21,22);1H. The molecule has 0 amide bonds. The molecular formula is C20H36IN3O3S. The van der Waals surface area contributed by atoms with Crippen LogP contribution in [-0.2, 0) is 17.2 Å². The van der Waals surface area contributed by atoms with E-state index in [0.717, 1.165) is 37.0 Å². The number of ether oxygens (including phenoxy) is 2. The van der Waals surface area contributed by atoms with Crippen LogP contribution in [-0.4, -0.2) is 66.5 Å². The van der Waals surface area contributed by atoms with Crippen molar-refractivity contribution in [1.29, 1.82) is 0 Å². The Bertz CT molecular complexity index is 648. The predicted molar refractivity (Wildman–Crippen MR) is 130 cm³/mol. The van der Waals surface area contributed by atoms with Gasteiger partial charge in [0, 0.05) is 41.4 Å². The van der Waals surface area contributed by atoms with Crippen molar-refractivity contribution >= 4 is 40.7 Å². The molecule has 1 atom stereocenters. The van der Waals surface area contributed by atoms with Crippen LogP contribution in [0.1, 0.15) is 33.3 Å². The van der Waals surface area contributed by atoms with Crippen molar-refractivity contribution < 1.29 is 13.7 Å². The van der Waals surface area contributed by atoms with Crippen LogP contribution >= 0.6 is 24.0 Å². The molecule has 6 nitrogen and oxygen atoms in total. The lowest BCUT2D eigenvalue weighted by atomic mass is 10.1. The summed E-state index contributed by atoms with van der Waals surface area (Å²) in [5.41, 5.74) is 1.17. The fourth-order valence-electron chi connectivity index (χ4n) is 2.45. The van der Waals surface area contributed by atoms with Gasteiger partial charge in [0.25, 0.3) is 0 Å². The van der Waals surface area contributed by atoms with Crippen LogP contribution in [0, 0.1) is 0 Å². The van der Waals surface area contributed by atoms with Gasteiger partial charge in [-0.05, 0) is 51.8 Å². The molecule has 0 aliphatic carbocycles. The summed E-state index contributed by atoms with van der Waals surface area (Å²) < 4.78 is 22.6. The van der Waals surface area contributed by atoms with Crippen molar-refractivity contribution in [3.8, 4) is 11.5 Å². The number of aliphatic imine (C=N–C) groups is 1. The smallest absolute Gasteiger partial charge is 0.193 e. The van der Waals surface area contributed by atoms with Gasteiger partial charge in [-0.2, -0.15) is 0 Å². The molecule has 1 N–H and O–H groups in total. The molecule has 1 aromatic rings. The molecule has 1 rings (SSSR count). The number of hydrogen-bond donors (Lipinski definition) is 1. The second kappa shape index (κ2) is 13.2. The summed E-state index contributed by atoms with van der Waals surface area (Å²) in [5, 5.41) is 3.30. The Labute approximate surface area is 189 Å². The normalized spacial score (nSPS) is 12.8. The summed E-state index contributed by atoms with van der Waals surface area (Å²) in [7, 11) is 4.41. The van der Waals surface area contributed by atoms with E-state index < -0.39 is 10.8 Å². The summed E-state index contributed by atoms with van der Waals surface area (Å²) in [6.07, 6.45) is 0.856. The van der Waals surface area contributed by atoms with Gasteiger partial charge in [-0.15, -0.1) is 24.0 Å². The SMILES string of the molecule is CCNC(=NCCS(=O)C(C)(C)C)N(C)CCc1ccc(OC)c(OC)c1.I. The van der Waals surface area contributed by atoms with Gasteiger partial charge in [0.2, 0.25) is 0 Å². The monoisotopic (exact) mass is 525 g/mol. The minimum absolute atomic E-state index is 0. The first-order chi connectivity index (χ1) is 12.7. The first-order valence-corrected chi connectivity index (χ1v) is 10.6. The molecule has 0 aliphatic rings. The Morgan fingerprint density at radius 1 is 1.21 bits per heavy atom. The first-order valence-electron chi connectivity index (χ1n) is 9.31. The second-order valence-corrected chi connectivity index (χ2v) is 9.58. The van der Waals surface area contributed by atoms with E-state index in [1.54, 1.807) is 14.2 Å². The average Bonchev–Trinajstić information content (AvgIpc) is 2.64. The predicted octanol–water partition coefficient (Wildman–Crippen LogP) is 3.31. The number of guanidine groups is 1. The highest BCUT2D eigenvalue weighted by Gasteiger charge is 2.18. The average molecular weight is 525 g/mol. The van der Waals surface area contributed by atoms with Gasteiger partial charge in [0.1, 0.15) is 0 Å². The van der Waals surface area contributed by atoms with Crippen LogP contribution in [0.15, 0.2) is 23.2 Å². The highest BCUT2D eigenvalue weighted by molar-refractivity contribution is 14.0. The Balaban J connectivity index is 0.00000729. The van der Waals surface area contributed by atoms with Gasteiger partial charge >= 0.3 is 0 Å². The number of benzene rings is 1. The van der Waals surface area contributed by atoms with E-state index in [4.69, 9.17) is 9.47 Å². The van der Waals surface area contributed by atoms with E-state index in [1.807, 2.05) is 52.9 Å². The molecular weight excluding hydrogens is 489 g/mol. The fraction of sp³-hybridized carbons (Fsp3) is 0.650. The van der Waals surface area contributed by atoms with Crippen molar-refractivity contribution in [2.75, 3.05) is 46.7 Å². The minimum atomic E-state index is -0.891. The molecule has 0 heterocycles. The molecule has 1 aromatic carbocycles. The lowest BCUT2D eigenvalue weighted by Gasteiger charge is -2.23. The number of nitrogens with zero attached hydrogens (tertiary/aromatic N) is 2. The van der Waals surface area contributed by atoms with Gasteiger partial charge < -0.3 is 19.7 Å². The zero-order chi connectivity index (χ0) is 20.4. The quantitative estimate of drug-likeness (QED) is 0.305. The van der Waals surface area contributed by atoms with Crippen LogP contribution in [0.3, 0.4) is 0 Å². The maximum absolute atomic E-state index is 12.2. The number of hydrogen-bond acceptors (Lipinski definition) is 4. The minimum Gasteiger partial charge on any atom is -0.493 e. The Morgan fingerprint density at radius 3 is 2.39 bits per heavy atom. The Kier molecular flexibility index (Phi) is 12.8. The summed E-state index contributed by atoms with van der Waals surface area (Å²) in [6.45, 7) is 10.2. The van der Waals surface area contributed by atoms with Crippen molar-refractivity contribution in [2.24, 2.45) is 4.99 Å². The molecule has 0 spiro atoms. The molecule has 0 bridgehead atoms. The summed E-state index contributed by atoms with van der Waals surface area (Å²) >= 11 is 0. The largest absolute Gasteiger partial charge is 0.493 e. The van der Waals surface area contributed by atoms with Crippen LogP contribution < -0.4 is 14.8 Å². The number of halogens is 1. The third-order valence-corrected chi connectivity index (χ3v) is 6.02. The summed E-state index contributed by atoms with van der Waals surface area (Å²) in [5.74, 6) is 2.88. The second-order valence-electron chi connectivity index (χ2n) is 7.26. The molecule has 0 aliphatic heterocycles. The number of rotatable bonds is 9. The lowest BCUT2D eigenvalue weighted by molar-refractivity contribution is 0.354. The highest BCUT2D eigenvalue weighted by atomic mass is 127. The molecule has 0 aromatic heterocycles. The van der Waals surface area contributed by atoms with E-state index in [2.05, 4.69) is 15.2 Å². The Morgan fingerprint density at radius 2 is 1.86 bits per heavy atom. The van der Waals surface area contributed by atoms with Crippen molar-refractivity contribution in [3.63, 3.8) is 0 Å². The number of methoxy groups -OCH3 is 2. The molecule has 162 valence electrons. The van der Waals surface area contributed by atoms with E-state index in [9.17, 15) is 4.21 Å². The van der Waals surface area contributed by atoms with Crippen LogP contribution in [0.2, 0.25) is 0 Å². The van der Waals surface area contributed by atoms with E-state index in [1.165, 1.54) is 5.56 Å². The van der Waals surface area contributed by atoms with E-state index >= 15 is 0 Å². The van der Waals surface area contributed by atoms with E-state index in [-0.39, 0.29) is 28.7 Å². The fourth-order valence-corrected chi connectivity index (χ4v) is 3.32. The Hall–Kier alpha value is -1.03. The number of nitrogens with one attached hydrogen (secondary N) is 1. The van der Waals surface area contributed by atoms with Gasteiger partial charge in [-0.25, -0.2) is 0 Å². The van der Waals surface area contributed by atoms with Gasteiger partial charge in [-0.1, -0.05) is 6.07 Å². The van der Waals surface area contributed by atoms with Gasteiger partial charge in [0.05, 0.1) is 20.8 Å². The molecule has 0 fully saturated rings. The van der Waals surface area contributed by atoms with E-state index in [0.29, 0.717) is 12.3 Å².